The van der Waals surface area contributed by atoms with Gasteiger partial charge in [-0.1, -0.05) is 46.0 Å². The zero-order valence-electron chi connectivity index (χ0n) is 14.7. The van der Waals surface area contributed by atoms with Crippen molar-refractivity contribution in [2.75, 3.05) is 6.61 Å². The number of unbranched alkanes of at least 4 members (excludes halogenated alkanes) is 4. The van der Waals surface area contributed by atoms with Crippen LogP contribution in [0.15, 0.2) is 0 Å². The van der Waals surface area contributed by atoms with E-state index in [9.17, 15) is 9.90 Å². The van der Waals surface area contributed by atoms with Crippen molar-refractivity contribution in [2.45, 2.75) is 91.1 Å². The molecule has 0 radical (unpaired) electrons. The number of hydrogen-bond acceptors (Lipinski definition) is 3. The number of hydrogen-bond donors (Lipinski definition) is 3. The Morgan fingerprint density at radius 2 is 1.71 bits per heavy atom. The van der Waals surface area contributed by atoms with Gasteiger partial charge in [-0.3, -0.25) is 4.79 Å². The highest BCUT2D eigenvalue weighted by Crippen LogP contribution is 2.29. The van der Waals surface area contributed by atoms with E-state index in [0.717, 1.165) is 12.8 Å². The van der Waals surface area contributed by atoms with Crippen molar-refractivity contribution in [1.29, 1.82) is 0 Å². The van der Waals surface area contributed by atoms with Gasteiger partial charge in [0.2, 0.25) is 5.91 Å². The van der Waals surface area contributed by atoms with Crippen LogP contribution in [0.3, 0.4) is 0 Å². The van der Waals surface area contributed by atoms with Crippen LogP contribution < -0.4 is 11.1 Å². The van der Waals surface area contributed by atoms with E-state index in [2.05, 4.69) is 12.2 Å². The summed E-state index contributed by atoms with van der Waals surface area (Å²) in [6.45, 7) is 9.70. The van der Waals surface area contributed by atoms with Crippen molar-refractivity contribution in [3.05, 3.63) is 0 Å². The molecule has 2 unspecified atom stereocenters. The Morgan fingerprint density at radius 3 is 2.19 bits per heavy atom. The second-order valence-corrected chi connectivity index (χ2v) is 7.08. The van der Waals surface area contributed by atoms with Gasteiger partial charge >= 0.3 is 0 Å². The molecule has 0 spiro atoms. The molecule has 0 aliphatic rings. The van der Waals surface area contributed by atoms with Crippen molar-refractivity contribution in [2.24, 2.45) is 11.1 Å². The number of rotatable bonds is 11. The maximum Gasteiger partial charge on any atom is 0.227 e. The van der Waals surface area contributed by atoms with Gasteiger partial charge in [0, 0.05) is 6.04 Å². The monoisotopic (exact) mass is 300 g/mol. The smallest absolute Gasteiger partial charge is 0.227 e. The summed E-state index contributed by atoms with van der Waals surface area (Å²) in [6, 6.07) is -0.140. The van der Waals surface area contributed by atoms with Gasteiger partial charge in [0.05, 0.1) is 17.6 Å². The average molecular weight is 300 g/mol. The molecule has 1 amide bonds. The molecule has 0 aromatic carbocycles. The molecule has 126 valence electrons. The number of aliphatic hydroxyl groups is 1. The third-order valence-electron chi connectivity index (χ3n) is 4.54. The Bertz CT molecular complexity index is 305. The molecule has 4 heteroatoms. The largest absolute Gasteiger partial charge is 0.394 e. The molecular weight excluding hydrogens is 264 g/mol. The lowest BCUT2D eigenvalue weighted by Crippen LogP contribution is -2.56. The summed E-state index contributed by atoms with van der Waals surface area (Å²) in [7, 11) is 0. The summed E-state index contributed by atoms with van der Waals surface area (Å²) in [6.07, 6.45) is 7.59. The maximum atomic E-state index is 12.5. The van der Waals surface area contributed by atoms with Gasteiger partial charge in [0.15, 0.2) is 0 Å². The van der Waals surface area contributed by atoms with Crippen molar-refractivity contribution >= 4 is 5.91 Å². The van der Waals surface area contributed by atoms with Crippen LogP contribution in [0.1, 0.15) is 79.6 Å². The number of nitrogens with one attached hydrogen (secondary N) is 1. The van der Waals surface area contributed by atoms with Gasteiger partial charge in [-0.15, -0.1) is 0 Å². The topological polar surface area (TPSA) is 75.4 Å². The molecule has 4 nitrogen and oxygen atoms in total. The van der Waals surface area contributed by atoms with Gasteiger partial charge < -0.3 is 16.2 Å². The molecule has 0 bridgehead atoms. The van der Waals surface area contributed by atoms with Gasteiger partial charge in [-0.05, 0) is 33.6 Å². The number of carbonyl (C=O) groups is 1. The molecule has 0 saturated heterocycles. The third kappa shape index (κ3) is 6.79. The Morgan fingerprint density at radius 1 is 1.14 bits per heavy atom. The summed E-state index contributed by atoms with van der Waals surface area (Å²) in [5.74, 6) is -0.0508. The second kappa shape index (κ2) is 9.42. The first kappa shape index (κ1) is 20.4. The highest BCUT2D eigenvalue weighted by atomic mass is 16.3. The standard InChI is InChI=1S/C17H36N2O2/c1-6-8-9-10-11-12-14(18)17(5,7-2)15(21)19-16(3,4)13-20/h14,20H,6-13,18H2,1-5H3,(H,19,21). The van der Waals surface area contributed by atoms with Crippen LogP contribution in [-0.2, 0) is 4.79 Å². The Balaban J connectivity index is 4.51. The molecule has 0 aliphatic carbocycles. The number of aliphatic hydroxyl groups excluding tert-OH is 1. The molecule has 0 aromatic heterocycles. The van der Waals surface area contributed by atoms with E-state index in [-0.39, 0.29) is 18.6 Å². The molecule has 0 saturated carbocycles. The van der Waals surface area contributed by atoms with Gasteiger partial charge in [0.1, 0.15) is 0 Å². The third-order valence-corrected chi connectivity index (χ3v) is 4.54. The van der Waals surface area contributed by atoms with E-state index >= 15 is 0 Å². The fraction of sp³-hybridized carbons (Fsp3) is 0.941. The summed E-state index contributed by atoms with van der Waals surface area (Å²) in [4.78, 5) is 12.5. The predicted molar refractivity (Wildman–Crippen MR) is 89.1 cm³/mol. The zero-order chi connectivity index (χ0) is 16.5. The average Bonchev–Trinajstić information content (AvgIpc) is 2.45. The number of nitrogens with two attached hydrogens (primary N) is 1. The summed E-state index contributed by atoms with van der Waals surface area (Å²) in [5, 5.41) is 12.2. The Labute approximate surface area is 130 Å². The van der Waals surface area contributed by atoms with Crippen molar-refractivity contribution < 1.29 is 9.90 Å². The molecule has 0 heterocycles. The molecular formula is C17H36N2O2. The molecule has 0 rings (SSSR count). The van der Waals surface area contributed by atoms with E-state index in [1.165, 1.54) is 25.7 Å². The molecule has 4 N–H and O–H groups in total. The van der Waals surface area contributed by atoms with Gasteiger partial charge in [-0.2, -0.15) is 0 Å². The first-order chi connectivity index (χ1) is 9.73. The van der Waals surface area contributed by atoms with Crippen molar-refractivity contribution in [1.82, 2.24) is 5.32 Å². The minimum atomic E-state index is -0.603. The first-order valence-electron chi connectivity index (χ1n) is 8.42. The minimum Gasteiger partial charge on any atom is -0.394 e. The van der Waals surface area contributed by atoms with Gasteiger partial charge in [-0.25, -0.2) is 0 Å². The van der Waals surface area contributed by atoms with E-state index in [1.54, 1.807) is 0 Å². The predicted octanol–water partition coefficient (Wildman–Crippen LogP) is 2.98. The Hall–Kier alpha value is -0.610. The molecule has 21 heavy (non-hydrogen) atoms. The summed E-state index contributed by atoms with van der Waals surface area (Å²) in [5.41, 5.74) is 5.14. The minimum absolute atomic E-state index is 0.0508. The van der Waals surface area contributed by atoms with Crippen LogP contribution in [0.4, 0.5) is 0 Å². The van der Waals surface area contributed by atoms with E-state index < -0.39 is 11.0 Å². The van der Waals surface area contributed by atoms with Crippen LogP contribution in [0.2, 0.25) is 0 Å². The first-order valence-corrected chi connectivity index (χ1v) is 8.42. The number of amides is 1. The van der Waals surface area contributed by atoms with Crippen molar-refractivity contribution in [3.8, 4) is 0 Å². The van der Waals surface area contributed by atoms with Crippen LogP contribution >= 0.6 is 0 Å². The van der Waals surface area contributed by atoms with Crippen molar-refractivity contribution in [3.63, 3.8) is 0 Å². The SMILES string of the molecule is CCCCCCCC(N)C(C)(CC)C(=O)NC(C)(C)CO. The van der Waals surface area contributed by atoms with Crippen LogP contribution in [-0.4, -0.2) is 29.2 Å². The van der Waals surface area contributed by atoms with Crippen LogP contribution in [0, 0.1) is 5.41 Å². The number of carbonyl (C=O) groups excluding carboxylic acids is 1. The van der Waals surface area contributed by atoms with E-state index in [1.807, 2.05) is 27.7 Å². The lowest BCUT2D eigenvalue weighted by Gasteiger charge is -2.36. The highest BCUT2D eigenvalue weighted by Gasteiger charge is 2.39. The second-order valence-electron chi connectivity index (χ2n) is 7.08. The van der Waals surface area contributed by atoms with Crippen LogP contribution in [0.5, 0.6) is 0 Å². The fourth-order valence-electron chi connectivity index (χ4n) is 2.37. The van der Waals surface area contributed by atoms with Gasteiger partial charge in [0.25, 0.3) is 0 Å². The summed E-state index contributed by atoms with van der Waals surface area (Å²) >= 11 is 0. The Kier molecular flexibility index (Phi) is 9.14. The summed E-state index contributed by atoms with van der Waals surface area (Å²) < 4.78 is 0. The fourth-order valence-corrected chi connectivity index (χ4v) is 2.37. The molecule has 0 fully saturated rings. The molecule has 2 atom stereocenters. The lowest BCUT2D eigenvalue weighted by atomic mass is 9.76. The normalized spacial score (nSPS) is 16.3. The molecule has 0 aromatic rings. The highest BCUT2D eigenvalue weighted by molar-refractivity contribution is 5.83. The quantitative estimate of drug-likeness (QED) is 0.513. The molecule has 0 aliphatic heterocycles. The zero-order valence-corrected chi connectivity index (χ0v) is 14.7. The maximum absolute atomic E-state index is 12.5. The van der Waals surface area contributed by atoms with E-state index in [0.29, 0.717) is 6.42 Å². The van der Waals surface area contributed by atoms with Crippen LogP contribution in [0.25, 0.3) is 0 Å². The van der Waals surface area contributed by atoms with E-state index in [4.69, 9.17) is 5.73 Å². The lowest BCUT2D eigenvalue weighted by molar-refractivity contribution is -0.134.